The van der Waals surface area contributed by atoms with Gasteiger partial charge in [-0.3, -0.25) is 5.41 Å². The lowest BCUT2D eigenvalue weighted by Gasteiger charge is -2.11. The normalized spacial score (nSPS) is 10.3. The van der Waals surface area contributed by atoms with Gasteiger partial charge in [0.1, 0.15) is 23.2 Å². The summed E-state index contributed by atoms with van der Waals surface area (Å²) in [5, 5.41) is 7.83. The Hall–Kier alpha value is -1.59. The third-order valence-electron chi connectivity index (χ3n) is 2.34. The number of nitrogen functional groups attached to an aromatic ring is 1. The molecule has 0 unspecified atom stereocenters. The molecule has 0 bridgehead atoms. The van der Waals surface area contributed by atoms with Crippen molar-refractivity contribution in [2.24, 2.45) is 5.73 Å². The van der Waals surface area contributed by atoms with Gasteiger partial charge in [-0.15, -0.1) is 0 Å². The average Bonchev–Trinajstić information content (AvgIpc) is 2.35. The Morgan fingerprint density at radius 1 is 1.21 bits per heavy atom. The van der Waals surface area contributed by atoms with Crippen molar-refractivity contribution in [3.05, 3.63) is 57.3 Å². The van der Waals surface area contributed by atoms with E-state index in [1.54, 1.807) is 18.2 Å². The maximum atomic E-state index is 13.1. The molecule has 0 spiro atoms. The van der Waals surface area contributed by atoms with Crippen molar-refractivity contribution >= 4 is 33.4 Å². The molecule has 2 aromatic carbocycles. The van der Waals surface area contributed by atoms with E-state index in [9.17, 15) is 4.39 Å². The number of amidine groups is 1. The predicted octanol–water partition coefficient (Wildman–Crippen LogP) is 4.32. The molecular weight excluding hydrogens is 335 g/mol. The van der Waals surface area contributed by atoms with E-state index < -0.39 is 5.82 Å². The number of hydrogen-bond donors (Lipinski definition) is 2. The highest BCUT2D eigenvalue weighted by molar-refractivity contribution is 9.10. The Labute approximate surface area is 122 Å². The lowest BCUT2D eigenvalue weighted by molar-refractivity contribution is 0.479. The number of hydrogen-bond acceptors (Lipinski definition) is 2. The van der Waals surface area contributed by atoms with Crippen LogP contribution in [0.15, 0.2) is 40.9 Å². The number of halogens is 3. The fraction of sp³-hybridized carbons (Fsp3) is 0. The molecule has 3 nitrogen and oxygen atoms in total. The molecule has 0 aliphatic carbocycles. The van der Waals surface area contributed by atoms with Crippen LogP contribution in [0.3, 0.4) is 0 Å². The molecular formula is C13H9BrClFN2O. The van der Waals surface area contributed by atoms with Gasteiger partial charge < -0.3 is 10.5 Å². The molecule has 0 heterocycles. The van der Waals surface area contributed by atoms with Crippen LogP contribution in [0.1, 0.15) is 5.56 Å². The van der Waals surface area contributed by atoms with Crippen LogP contribution < -0.4 is 10.5 Å². The maximum absolute atomic E-state index is 13.1. The van der Waals surface area contributed by atoms with E-state index in [1.165, 1.54) is 12.1 Å². The maximum Gasteiger partial charge on any atom is 0.147 e. The van der Waals surface area contributed by atoms with E-state index in [-0.39, 0.29) is 17.1 Å². The fourth-order valence-electron chi connectivity index (χ4n) is 1.48. The van der Waals surface area contributed by atoms with Crippen LogP contribution in [0, 0.1) is 11.2 Å². The summed E-state index contributed by atoms with van der Waals surface area (Å²) in [4.78, 5) is 0. The highest BCUT2D eigenvalue weighted by Gasteiger charge is 2.11. The first kappa shape index (κ1) is 13.8. The van der Waals surface area contributed by atoms with E-state index in [0.29, 0.717) is 10.8 Å². The first-order valence-electron chi connectivity index (χ1n) is 5.24. The molecule has 0 saturated heterocycles. The Balaban J connectivity index is 2.43. The van der Waals surface area contributed by atoms with Gasteiger partial charge in [0.15, 0.2) is 0 Å². The molecule has 2 rings (SSSR count). The zero-order chi connectivity index (χ0) is 14.0. The quantitative estimate of drug-likeness (QED) is 0.644. The monoisotopic (exact) mass is 342 g/mol. The Morgan fingerprint density at radius 2 is 1.95 bits per heavy atom. The lowest BCUT2D eigenvalue weighted by atomic mass is 10.2. The summed E-state index contributed by atoms with van der Waals surface area (Å²) in [6.45, 7) is 0. The minimum Gasteiger partial charge on any atom is -0.455 e. The Bertz CT molecular complexity index is 649. The van der Waals surface area contributed by atoms with Crippen molar-refractivity contribution in [3.8, 4) is 11.5 Å². The van der Waals surface area contributed by atoms with Crippen LogP contribution >= 0.6 is 27.5 Å². The predicted molar refractivity (Wildman–Crippen MR) is 76.6 cm³/mol. The van der Waals surface area contributed by atoms with Gasteiger partial charge in [0.2, 0.25) is 0 Å². The number of ether oxygens (including phenoxy) is 1. The second-order valence-electron chi connectivity index (χ2n) is 3.73. The topological polar surface area (TPSA) is 59.1 Å². The van der Waals surface area contributed by atoms with Gasteiger partial charge in [-0.2, -0.15) is 0 Å². The van der Waals surface area contributed by atoms with Crippen LogP contribution in [-0.2, 0) is 0 Å². The summed E-state index contributed by atoms with van der Waals surface area (Å²) in [5.41, 5.74) is 5.58. The van der Waals surface area contributed by atoms with Crippen molar-refractivity contribution in [1.29, 1.82) is 5.41 Å². The molecule has 0 saturated carbocycles. The summed E-state index contributed by atoms with van der Waals surface area (Å²) in [7, 11) is 0. The van der Waals surface area contributed by atoms with E-state index in [2.05, 4.69) is 15.9 Å². The van der Waals surface area contributed by atoms with Crippen LogP contribution in [0.4, 0.5) is 4.39 Å². The molecule has 0 radical (unpaired) electrons. The summed E-state index contributed by atoms with van der Waals surface area (Å²) in [5.74, 6) is -0.0995. The van der Waals surface area contributed by atoms with Crippen LogP contribution in [0.5, 0.6) is 11.5 Å². The van der Waals surface area contributed by atoms with Crippen molar-refractivity contribution < 1.29 is 9.13 Å². The molecule has 2 aromatic rings. The zero-order valence-electron chi connectivity index (χ0n) is 9.58. The molecule has 0 amide bonds. The van der Waals surface area contributed by atoms with Gasteiger partial charge in [-0.25, -0.2) is 4.39 Å². The summed E-state index contributed by atoms with van der Waals surface area (Å²) < 4.78 is 19.5. The second-order valence-corrected chi connectivity index (χ2v) is 5.05. The van der Waals surface area contributed by atoms with E-state index >= 15 is 0 Å². The van der Waals surface area contributed by atoms with Gasteiger partial charge in [0.05, 0.1) is 10.6 Å². The number of benzene rings is 2. The van der Waals surface area contributed by atoms with Gasteiger partial charge in [-0.05, 0) is 36.4 Å². The molecule has 3 N–H and O–H groups in total. The van der Waals surface area contributed by atoms with Gasteiger partial charge in [0, 0.05) is 4.47 Å². The van der Waals surface area contributed by atoms with Gasteiger partial charge in [0.25, 0.3) is 0 Å². The Kier molecular flexibility index (Phi) is 4.07. The van der Waals surface area contributed by atoms with E-state index in [4.69, 9.17) is 27.5 Å². The number of nitrogens with two attached hydrogens (primary N) is 1. The smallest absolute Gasteiger partial charge is 0.147 e. The van der Waals surface area contributed by atoms with Crippen molar-refractivity contribution in [1.82, 2.24) is 0 Å². The van der Waals surface area contributed by atoms with Crippen molar-refractivity contribution in [2.75, 3.05) is 0 Å². The van der Waals surface area contributed by atoms with E-state index in [0.717, 1.165) is 10.5 Å². The SMILES string of the molecule is N=C(N)c1cc(F)ccc1Oc1cc(Br)ccc1Cl. The highest BCUT2D eigenvalue weighted by atomic mass is 79.9. The molecule has 0 fully saturated rings. The first-order chi connectivity index (χ1) is 8.97. The minimum absolute atomic E-state index is 0.177. The standard InChI is InChI=1S/C13H9BrClFN2O/c14-7-1-3-10(15)12(5-7)19-11-4-2-8(16)6-9(11)13(17)18/h1-6H,(H3,17,18). The number of nitrogens with one attached hydrogen (secondary N) is 1. The Morgan fingerprint density at radius 3 is 2.63 bits per heavy atom. The molecule has 0 aliphatic heterocycles. The molecule has 19 heavy (non-hydrogen) atoms. The highest BCUT2D eigenvalue weighted by Crippen LogP contribution is 2.33. The summed E-state index contributed by atoms with van der Waals surface area (Å²) >= 11 is 9.31. The number of rotatable bonds is 3. The van der Waals surface area contributed by atoms with Gasteiger partial charge in [-0.1, -0.05) is 27.5 Å². The second kappa shape index (κ2) is 5.59. The lowest BCUT2D eigenvalue weighted by Crippen LogP contribution is -2.12. The van der Waals surface area contributed by atoms with Crippen LogP contribution in [-0.4, -0.2) is 5.84 Å². The average molecular weight is 344 g/mol. The summed E-state index contributed by atoms with van der Waals surface area (Å²) in [6, 6.07) is 8.89. The molecule has 0 atom stereocenters. The third-order valence-corrected chi connectivity index (χ3v) is 3.15. The first-order valence-corrected chi connectivity index (χ1v) is 6.41. The summed E-state index contributed by atoms with van der Waals surface area (Å²) in [6.07, 6.45) is 0. The molecule has 0 aliphatic rings. The van der Waals surface area contributed by atoms with Crippen molar-refractivity contribution in [2.45, 2.75) is 0 Å². The van der Waals surface area contributed by atoms with E-state index in [1.807, 2.05) is 0 Å². The molecule has 98 valence electrons. The molecule has 6 heteroatoms. The molecule has 0 aromatic heterocycles. The minimum atomic E-state index is -0.488. The van der Waals surface area contributed by atoms with Crippen LogP contribution in [0.2, 0.25) is 5.02 Å². The van der Waals surface area contributed by atoms with Crippen LogP contribution in [0.25, 0.3) is 0 Å². The third kappa shape index (κ3) is 3.24. The largest absolute Gasteiger partial charge is 0.455 e. The van der Waals surface area contributed by atoms with Gasteiger partial charge >= 0.3 is 0 Å². The van der Waals surface area contributed by atoms with Crippen molar-refractivity contribution in [3.63, 3.8) is 0 Å². The zero-order valence-corrected chi connectivity index (χ0v) is 11.9. The fourth-order valence-corrected chi connectivity index (χ4v) is 1.97.